The van der Waals surface area contributed by atoms with Gasteiger partial charge in [-0.1, -0.05) is 6.07 Å². The number of carbonyl (C=O) groups is 3. The van der Waals surface area contributed by atoms with E-state index < -0.39 is 10.8 Å². The van der Waals surface area contributed by atoms with Gasteiger partial charge in [0.25, 0.3) is 11.6 Å². The second-order valence-corrected chi connectivity index (χ2v) is 8.48. The molecule has 2 aromatic carbocycles. The summed E-state index contributed by atoms with van der Waals surface area (Å²) in [6.07, 6.45) is -0.0294. The summed E-state index contributed by atoms with van der Waals surface area (Å²) in [4.78, 5) is 50.2. The highest BCUT2D eigenvalue weighted by Crippen LogP contribution is 2.36. The number of nitrogens with one attached hydrogen (secondary N) is 2. The number of rotatable bonds is 7. The summed E-state index contributed by atoms with van der Waals surface area (Å²) >= 11 is 0. The lowest BCUT2D eigenvalue weighted by Gasteiger charge is -2.19. The molecule has 0 unspecified atom stereocenters. The first-order valence-electron chi connectivity index (χ1n) is 11.2. The fourth-order valence-corrected chi connectivity index (χ4v) is 4.11. The molecule has 0 radical (unpaired) electrons. The molecule has 3 amide bonds. The number of ether oxygens (including phenoxy) is 1. The van der Waals surface area contributed by atoms with E-state index in [4.69, 9.17) is 4.74 Å². The maximum atomic E-state index is 12.9. The lowest BCUT2D eigenvalue weighted by molar-refractivity contribution is -0.384. The van der Waals surface area contributed by atoms with Gasteiger partial charge >= 0.3 is 0 Å². The predicted molar refractivity (Wildman–Crippen MR) is 133 cm³/mol. The maximum Gasteiger partial charge on any atom is 0.273 e. The predicted octanol–water partition coefficient (Wildman–Crippen LogP) is 3.40. The smallest absolute Gasteiger partial charge is 0.273 e. The zero-order valence-corrected chi connectivity index (χ0v) is 20.0. The van der Waals surface area contributed by atoms with Crippen molar-refractivity contribution in [2.45, 2.75) is 20.3 Å². The first-order valence-corrected chi connectivity index (χ1v) is 11.2. The highest BCUT2D eigenvalue weighted by atomic mass is 16.6. The van der Waals surface area contributed by atoms with E-state index in [1.165, 1.54) is 30.2 Å². The quantitative estimate of drug-likeness (QED) is 0.384. The summed E-state index contributed by atoms with van der Waals surface area (Å²) < 4.78 is 6.92. The summed E-state index contributed by atoms with van der Waals surface area (Å²) in [7, 11) is 1.36. The van der Waals surface area contributed by atoms with E-state index >= 15 is 0 Å². The van der Waals surface area contributed by atoms with E-state index in [0.717, 1.165) is 11.4 Å². The molecule has 1 fully saturated rings. The van der Waals surface area contributed by atoms with Crippen LogP contribution in [0.5, 0.6) is 5.75 Å². The van der Waals surface area contributed by atoms with E-state index in [0.29, 0.717) is 16.9 Å². The third kappa shape index (κ3) is 4.90. The SMILES string of the molecule is COc1cc([N+](=O)[O-])ccc1N1C[C@@H](C(=O)Nc2cccc(C(=O)Nn3c(C)ccc3C)c2)CC1=O. The minimum Gasteiger partial charge on any atom is -0.494 e. The van der Waals surface area contributed by atoms with Crippen molar-refractivity contribution < 1.29 is 24.0 Å². The Kier molecular flexibility index (Phi) is 6.73. The number of hydrogen-bond acceptors (Lipinski definition) is 6. The molecule has 11 nitrogen and oxygen atoms in total. The number of non-ortho nitro benzene ring substituents is 1. The molecule has 1 aliphatic rings. The molecule has 1 aromatic heterocycles. The van der Waals surface area contributed by atoms with Gasteiger partial charge in [0, 0.05) is 41.7 Å². The molecule has 1 saturated heterocycles. The van der Waals surface area contributed by atoms with Crippen molar-refractivity contribution in [2.24, 2.45) is 5.92 Å². The van der Waals surface area contributed by atoms with Gasteiger partial charge in [-0.15, -0.1) is 0 Å². The lowest BCUT2D eigenvalue weighted by atomic mass is 10.1. The molecule has 2 heterocycles. The Morgan fingerprint density at radius 2 is 1.81 bits per heavy atom. The third-order valence-corrected chi connectivity index (χ3v) is 6.04. The van der Waals surface area contributed by atoms with Crippen molar-refractivity contribution in [3.63, 3.8) is 0 Å². The van der Waals surface area contributed by atoms with Gasteiger partial charge < -0.3 is 15.0 Å². The number of nitrogens with zero attached hydrogens (tertiary/aromatic N) is 3. The number of nitro groups is 1. The van der Waals surface area contributed by atoms with Crippen molar-refractivity contribution in [1.29, 1.82) is 0 Å². The van der Waals surface area contributed by atoms with Crippen LogP contribution < -0.4 is 20.4 Å². The molecule has 186 valence electrons. The standard InChI is InChI=1S/C25H25N5O6/c1-15-7-8-16(2)29(15)27-25(33)17-5-4-6-19(11-17)26-24(32)18-12-23(31)28(14-18)21-10-9-20(30(34)35)13-22(21)36-3/h4-11,13,18H,12,14H2,1-3H3,(H,26,32)(H,27,33)/t18-/m0/s1. The van der Waals surface area contributed by atoms with Crippen LogP contribution >= 0.6 is 0 Å². The van der Waals surface area contributed by atoms with E-state index in [9.17, 15) is 24.5 Å². The second kappa shape index (κ2) is 9.90. The molecular formula is C25H25N5O6. The number of hydrogen-bond donors (Lipinski definition) is 2. The van der Waals surface area contributed by atoms with Crippen LogP contribution in [-0.4, -0.2) is 41.0 Å². The molecule has 4 rings (SSSR count). The Balaban J connectivity index is 1.45. The zero-order valence-electron chi connectivity index (χ0n) is 20.0. The Labute approximate surface area is 206 Å². The van der Waals surface area contributed by atoms with Crippen molar-refractivity contribution >= 4 is 34.8 Å². The highest BCUT2D eigenvalue weighted by molar-refractivity contribution is 6.05. The fraction of sp³-hybridized carbons (Fsp3) is 0.240. The van der Waals surface area contributed by atoms with Crippen molar-refractivity contribution in [3.05, 3.63) is 81.7 Å². The topological polar surface area (TPSA) is 136 Å². The summed E-state index contributed by atoms with van der Waals surface area (Å²) in [6, 6.07) is 14.3. The summed E-state index contributed by atoms with van der Waals surface area (Å²) in [5.74, 6) is -1.49. The molecule has 0 bridgehead atoms. The van der Waals surface area contributed by atoms with Gasteiger partial charge in [-0.25, -0.2) is 0 Å². The molecule has 1 aliphatic heterocycles. The van der Waals surface area contributed by atoms with E-state index in [2.05, 4.69) is 10.7 Å². The summed E-state index contributed by atoms with van der Waals surface area (Å²) in [5.41, 5.74) is 5.56. The second-order valence-electron chi connectivity index (χ2n) is 8.48. The number of anilines is 2. The number of aryl methyl sites for hydroxylation is 2. The first-order chi connectivity index (χ1) is 17.2. The molecule has 11 heteroatoms. The normalized spacial score (nSPS) is 15.0. The number of benzene rings is 2. The average molecular weight is 492 g/mol. The molecular weight excluding hydrogens is 466 g/mol. The van der Waals surface area contributed by atoms with Gasteiger partial charge in [-0.2, -0.15) is 0 Å². The minimum absolute atomic E-state index is 0.0294. The molecule has 1 atom stereocenters. The number of carbonyl (C=O) groups excluding carboxylic acids is 3. The molecule has 2 N–H and O–H groups in total. The van der Waals surface area contributed by atoms with Gasteiger partial charge in [0.05, 0.1) is 29.7 Å². The third-order valence-electron chi connectivity index (χ3n) is 6.04. The van der Waals surface area contributed by atoms with Crippen LogP contribution in [-0.2, 0) is 9.59 Å². The number of aromatic nitrogens is 1. The summed E-state index contributed by atoms with van der Waals surface area (Å²) in [5, 5.41) is 13.8. The first kappa shape index (κ1) is 24.5. The van der Waals surface area contributed by atoms with Crippen LogP contribution in [0.15, 0.2) is 54.6 Å². The Bertz CT molecular complexity index is 1350. The van der Waals surface area contributed by atoms with Gasteiger partial charge in [0.15, 0.2) is 0 Å². The molecule has 3 aromatic rings. The van der Waals surface area contributed by atoms with Crippen LogP contribution in [0.4, 0.5) is 17.1 Å². The molecule has 0 spiro atoms. The number of amides is 3. The molecule has 0 saturated carbocycles. The number of nitro benzene ring substituents is 1. The van der Waals surface area contributed by atoms with Crippen molar-refractivity contribution in [1.82, 2.24) is 4.68 Å². The van der Waals surface area contributed by atoms with Crippen molar-refractivity contribution in [3.8, 4) is 5.75 Å². The fourth-order valence-electron chi connectivity index (χ4n) is 4.11. The Hall–Kier alpha value is -4.67. The minimum atomic E-state index is -0.653. The van der Waals surface area contributed by atoms with Crippen LogP contribution in [0.1, 0.15) is 28.2 Å². The van der Waals surface area contributed by atoms with Gasteiger partial charge in [-0.05, 0) is 50.2 Å². The molecule has 0 aliphatic carbocycles. The maximum absolute atomic E-state index is 12.9. The largest absolute Gasteiger partial charge is 0.494 e. The van der Waals surface area contributed by atoms with Gasteiger partial charge in [0.1, 0.15) is 5.75 Å². The van der Waals surface area contributed by atoms with Crippen molar-refractivity contribution in [2.75, 3.05) is 29.3 Å². The van der Waals surface area contributed by atoms with E-state index in [-0.39, 0.29) is 42.1 Å². The van der Waals surface area contributed by atoms with Gasteiger partial charge in [0.2, 0.25) is 11.8 Å². The lowest BCUT2D eigenvalue weighted by Crippen LogP contribution is -2.28. The molecule has 36 heavy (non-hydrogen) atoms. The van der Waals surface area contributed by atoms with Gasteiger partial charge in [-0.3, -0.25) is 34.6 Å². The zero-order chi connectivity index (χ0) is 26.0. The average Bonchev–Trinajstić information content (AvgIpc) is 3.40. The monoisotopic (exact) mass is 491 g/mol. The Morgan fingerprint density at radius 3 is 2.47 bits per heavy atom. The highest BCUT2D eigenvalue weighted by Gasteiger charge is 2.36. The number of methoxy groups -OCH3 is 1. The van der Waals surface area contributed by atoms with E-state index in [1.54, 1.807) is 28.9 Å². The Morgan fingerprint density at radius 1 is 1.08 bits per heavy atom. The van der Waals surface area contributed by atoms with Crippen LogP contribution in [0.25, 0.3) is 0 Å². The van der Waals surface area contributed by atoms with E-state index in [1.807, 2.05) is 26.0 Å². The van der Waals surface area contributed by atoms with Crippen LogP contribution in [0, 0.1) is 29.9 Å². The van der Waals surface area contributed by atoms with Crippen LogP contribution in [0.2, 0.25) is 0 Å². The summed E-state index contributed by atoms with van der Waals surface area (Å²) in [6.45, 7) is 3.84. The van der Waals surface area contributed by atoms with Crippen LogP contribution in [0.3, 0.4) is 0 Å².